The van der Waals surface area contributed by atoms with Crippen molar-refractivity contribution < 1.29 is 0 Å². The maximum atomic E-state index is 3.40. The maximum absolute atomic E-state index is 3.40. The Morgan fingerprint density at radius 3 is 3.22 bits per heavy atom. The molecule has 1 nitrogen and oxygen atoms in total. The Morgan fingerprint density at radius 1 is 1.67 bits per heavy atom. The van der Waals surface area contributed by atoms with E-state index >= 15 is 0 Å². The van der Waals surface area contributed by atoms with E-state index in [0.29, 0.717) is 6.04 Å². The first kappa shape index (κ1) is 6.81. The summed E-state index contributed by atoms with van der Waals surface area (Å²) in [5, 5.41) is 3.40. The minimum absolute atomic E-state index is 0.590. The van der Waals surface area contributed by atoms with Crippen LogP contribution in [0.2, 0.25) is 0 Å². The number of nitrogens with one attached hydrogen (secondary N) is 1. The van der Waals surface area contributed by atoms with Crippen LogP contribution in [0.25, 0.3) is 0 Å². The van der Waals surface area contributed by atoms with Gasteiger partial charge in [0.2, 0.25) is 0 Å². The van der Waals surface area contributed by atoms with Crippen molar-refractivity contribution in [3.8, 4) is 0 Å². The summed E-state index contributed by atoms with van der Waals surface area (Å²) < 4.78 is 0. The van der Waals surface area contributed by atoms with Gasteiger partial charge in [-0.15, -0.1) is 0 Å². The van der Waals surface area contributed by atoms with Crippen LogP contribution >= 0.6 is 0 Å². The third-order valence-corrected chi connectivity index (χ3v) is 1.75. The predicted molar refractivity (Wildman–Crippen MR) is 40.5 cm³/mol. The molecule has 9 heavy (non-hydrogen) atoms. The second-order valence-electron chi connectivity index (χ2n) is 2.86. The molecule has 0 aromatic heterocycles. The highest BCUT2D eigenvalue weighted by Gasteiger charge is 2.01. The molecule has 0 fully saturated rings. The van der Waals surface area contributed by atoms with Crippen molar-refractivity contribution in [3.05, 3.63) is 11.6 Å². The van der Waals surface area contributed by atoms with Gasteiger partial charge in [-0.3, -0.25) is 0 Å². The van der Waals surface area contributed by atoms with E-state index in [2.05, 4.69) is 25.2 Å². The zero-order chi connectivity index (χ0) is 6.69. The first-order valence-corrected chi connectivity index (χ1v) is 3.70. The lowest BCUT2D eigenvalue weighted by atomic mass is 10.1. The van der Waals surface area contributed by atoms with Crippen molar-refractivity contribution in [2.75, 3.05) is 6.54 Å². The van der Waals surface area contributed by atoms with Crippen LogP contribution in [-0.4, -0.2) is 12.6 Å². The smallest absolute Gasteiger partial charge is 0.0224 e. The van der Waals surface area contributed by atoms with Gasteiger partial charge < -0.3 is 5.32 Å². The molecular formula is C8H15N. The summed E-state index contributed by atoms with van der Waals surface area (Å²) in [5.74, 6) is 0. The fraction of sp³-hybridized carbons (Fsp3) is 0.750. The Morgan fingerprint density at radius 2 is 2.44 bits per heavy atom. The van der Waals surface area contributed by atoms with E-state index in [4.69, 9.17) is 0 Å². The van der Waals surface area contributed by atoms with E-state index in [9.17, 15) is 0 Å². The average molecular weight is 125 g/mol. The first-order valence-electron chi connectivity index (χ1n) is 3.70. The van der Waals surface area contributed by atoms with Crippen molar-refractivity contribution >= 4 is 0 Å². The Bertz CT molecular complexity index is 116. The third kappa shape index (κ3) is 2.19. The van der Waals surface area contributed by atoms with Gasteiger partial charge in [0.05, 0.1) is 0 Å². The minimum Gasteiger partial charge on any atom is -0.311 e. The van der Waals surface area contributed by atoms with Crippen LogP contribution in [0.15, 0.2) is 11.6 Å². The summed E-state index contributed by atoms with van der Waals surface area (Å²) in [6.45, 7) is 5.59. The lowest BCUT2D eigenvalue weighted by molar-refractivity contribution is 0.628. The molecule has 1 unspecified atom stereocenters. The largest absolute Gasteiger partial charge is 0.311 e. The van der Waals surface area contributed by atoms with Crippen molar-refractivity contribution in [1.82, 2.24) is 5.32 Å². The fourth-order valence-electron chi connectivity index (χ4n) is 1.27. The van der Waals surface area contributed by atoms with Crippen LogP contribution in [-0.2, 0) is 0 Å². The van der Waals surface area contributed by atoms with Gasteiger partial charge in [-0.2, -0.15) is 0 Å². The standard InChI is InChI=1S/C8H15N/c1-7-4-3-5-9-8(2)6-7/h6,8-9H,3-5H2,1-2H3. The Kier molecular flexibility index (Phi) is 2.29. The molecule has 0 aromatic carbocycles. The van der Waals surface area contributed by atoms with Crippen LogP contribution in [0.1, 0.15) is 26.7 Å². The number of allylic oxidation sites excluding steroid dienone is 1. The molecular weight excluding hydrogens is 110 g/mol. The zero-order valence-corrected chi connectivity index (χ0v) is 6.28. The van der Waals surface area contributed by atoms with Crippen LogP contribution in [0.5, 0.6) is 0 Å². The quantitative estimate of drug-likeness (QED) is 0.486. The van der Waals surface area contributed by atoms with Crippen molar-refractivity contribution in [3.63, 3.8) is 0 Å². The fourth-order valence-corrected chi connectivity index (χ4v) is 1.27. The number of rotatable bonds is 0. The van der Waals surface area contributed by atoms with E-state index in [1.807, 2.05) is 0 Å². The van der Waals surface area contributed by atoms with Crippen LogP contribution in [0.3, 0.4) is 0 Å². The van der Waals surface area contributed by atoms with Gasteiger partial charge >= 0.3 is 0 Å². The first-order chi connectivity index (χ1) is 4.29. The number of hydrogen-bond acceptors (Lipinski definition) is 1. The lowest BCUT2D eigenvalue weighted by Gasteiger charge is -2.03. The highest BCUT2D eigenvalue weighted by Crippen LogP contribution is 2.07. The SMILES string of the molecule is CC1=CC(C)NCCC1. The molecule has 0 spiro atoms. The monoisotopic (exact) mass is 125 g/mol. The van der Waals surface area contributed by atoms with E-state index in [0.717, 1.165) is 0 Å². The van der Waals surface area contributed by atoms with Crippen LogP contribution in [0, 0.1) is 0 Å². The Hall–Kier alpha value is -0.300. The molecule has 1 aliphatic rings. The number of hydrogen-bond donors (Lipinski definition) is 1. The highest BCUT2D eigenvalue weighted by molar-refractivity contribution is 5.04. The van der Waals surface area contributed by atoms with Crippen LogP contribution in [0.4, 0.5) is 0 Å². The molecule has 1 aliphatic heterocycles. The van der Waals surface area contributed by atoms with Gasteiger partial charge in [-0.25, -0.2) is 0 Å². The second-order valence-corrected chi connectivity index (χ2v) is 2.86. The molecule has 0 radical (unpaired) electrons. The highest BCUT2D eigenvalue weighted by atomic mass is 14.9. The van der Waals surface area contributed by atoms with Crippen molar-refractivity contribution in [1.29, 1.82) is 0 Å². The summed E-state index contributed by atoms with van der Waals surface area (Å²) in [6, 6.07) is 0.590. The summed E-state index contributed by atoms with van der Waals surface area (Å²) in [5.41, 5.74) is 1.53. The topological polar surface area (TPSA) is 12.0 Å². The second kappa shape index (κ2) is 3.02. The molecule has 0 amide bonds. The molecule has 1 heteroatoms. The van der Waals surface area contributed by atoms with Gasteiger partial charge in [0.1, 0.15) is 0 Å². The van der Waals surface area contributed by atoms with Gasteiger partial charge in [0.25, 0.3) is 0 Å². The molecule has 1 heterocycles. The predicted octanol–water partition coefficient (Wildman–Crippen LogP) is 1.70. The summed E-state index contributed by atoms with van der Waals surface area (Å²) in [4.78, 5) is 0. The third-order valence-electron chi connectivity index (χ3n) is 1.75. The maximum Gasteiger partial charge on any atom is 0.0224 e. The average Bonchev–Trinajstić information content (AvgIpc) is 1.93. The van der Waals surface area contributed by atoms with Gasteiger partial charge in [-0.1, -0.05) is 11.6 Å². The van der Waals surface area contributed by atoms with Crippen molar-refractivity contribution in [2.45, 2.75) is 32.7 Å². The molecule has 1 rings (SSSR count). The Balaban J connectivity index is 2.49. The van der Waals surface area contributed by atoms with Crippen LogP contribution < -0.4 is 5.32 Å². The summed E-state index contributed by atoms with van der Waals surface area (Å²) in [7, 11) is 0. The van der Waals surface area contributed by atoms with Gasteiger partial charge in [-0.05, 0) is 33.2 Å². The molecule has 0 saturated carbocycles. The molecule has 1 N–H and O–H groups in total. The molecule has 0 saturated heterocycles. The van der Waals surface area contributed by atoms with Gasteiger partial charge in [0, 0.05) is 6.04 Å². The molecule has 0 bridgehead atoms. The molecule has 1 atom stereocenters. The lowest BCUT2D eigenvalue weighted by Crippen LogP contribution is -2.23. The van der Waals surface area contributed by atoms with Crippen molar-refractivity contribution in [2.24, 2.45) is 0 Å². The zero-order valence-electron chi connectivity index (χ0n) is 6.28. The molecule has 0 aromatic rings. The summed E-state index contributed by atoms with van der Waals surface area (Å²) >= 11 is 0. The van der Waals surface area contributed by atoms with E-state index in [-0.39, 0.29) is 0 Å². The Labute approximate surface area is 57.1 Å². The summed E-state index contributed by atoms with van der Waals surface area (Å²) in [6.07, 6.45) is 4.89. The van der Waals surface area contributed by atoms with E-state index < -0.39 is 0 Å². The van der Waals surface area contributed by atoms with E-state index in [1.165, 1.54) is 25.0 Å². The molecule has 0 aliphatic carbocycles. The van der Waals surface area contributed by atoms with E-state index in [1.54, 1.807) is 0 Å². The normalized spacial score (nSPS) is 29.1. The van der Waals surface area contributed by atoms with Gasteiger partial charge in [0.15, 0.2) is 0 Å². The molecule has 52 valence electrons. The minimum atomic E-state index is 0.590.